The van der Waals surface area contributed by atoms with Crippen molar-refractivity contribution in [1.29, 1.82) is 0 Å². The van der Waals surface area contributed by atoms with Crippen LogP contribution >= 0.6 is 27.5 Å². The van der Waals surface area contributed by atoms with Gasteiger partial charge in [0.15, 0.2) is 5.78 Å². The van der Waals surface area contributed by atoms with E-state index in [0.717, 1.165) is 27.8 Å². The first-order valence-corrected chi connectivity index (χ1v) is 7.74. The molecule has 0 aliphatic carbocycles. The Labute approximate surface area is 136 Å². The van der Waals surface area contributed by atoms with Crippen LogP contribution in [0.5, 0.6) is 5.75 Å². The molecule has 1 aliphatic rings. The van der Waals surface area contributed by atoms with Crippen molar-refractivity contribution < 1.29 is 9.53 Å². The van der Waals surface area contributed by atoms with Gasteiger partial charge in [-0.3, -0.25) is 4.79 Å². The molecule has 0 fully saturated rings. The largest absolute Gasteiger partial charge is 0.493 e. The number of carbonyl (C=O) groups is 1. The summed E-state index contributed by atoms with van der Waals surface area (Å²) in [4.78, 5) is 12.4. The molecule has 0 bridgehead atoms. The number of halogens is 2. The Bertz CT molecular complexity index is 730. The maximum atomic E-state index is 12.4. The number of hydrogen-bond acceptors (Lipinski definition) is 3. The molecule has 21 heavy (non-hydrogen) atoms. The molecule has 0 unspecified atom stereocenters. The Morgan fingerprint density at radius 1 is 1.33 bits per heavy atom. The summed E-state index contributed by atoms with van der Waals surface area (Å²) in [6.45, 7) is 0.668. The van der Waals surface area contributed by atoms with Crippen molar-refractivity contribution in [3.63, 3.8) is 0 Å². The number of Topliss-reactive ketones (excluding diaryl/α,β-unsaturated/α-hetero) is 1. The first-order valence-electron chi connectivity index (χ1n) is 6.57. The molecule has 2 aromatic carbocycles. The zero-order valence-electron chi connectivity index (χ0n) is 11.2. The second kappa shape index (κ2) is 5.70. The van der Waals surface area contributed by atoms with Crippen LogP contribution in [0.4, 0.5) is 5.69 Å². The molecular formula is C16H13BrClNO2. The lowest BCUT2D eigenvalue weighted by Gasteiger charge is -2.09. The van der Waals surface area contributed by atoms with Crippen LogP contribution in [0.1, 0.15) is 21.5 Å². The van der Waals surface area contributed by atoms with Crippen molar-refractivity contribution in [2.45, 2.75) is 12.8 Å². The first-order chi connectivity index (χ1) is 10.0. The summed E-state index contributed by atoms with van der Waals surface area (Å²) in [6, 6.07) is 8.92. The SMILES string of the molecule is Nc1cc(C(=O)Cc2cc(Br)cc3c2OCC3)ccc1Cl. The van der Waals surface area contributed by atoms with E-state index < -0.39 is 0 Å². The lowest BCUT2D eigenvalue weighted by Crippen LogP contribution is -2.06. The summed E-state index contributed by atoms with van der Waals surface area (Å²) >= 11 is 9.36. The number of benzene rings is 2. The summed E-state index contributed by atoms with van der Waals surface area (Å²) in [7, 11) is 0. The molecular weight excluding hydrogens is 354 g/mol. The summed E-state index contributed by atoms with van der Waals surface area (Å²) < 4.78 is 6.61. The third-order valence-electron chi connectivity index (χ3n) is 3.49. The Kier molecular flexibility index (Phi) is 3.91. The van der Waals surface area contributed by atoms with Crippen LogP contribution in [0.15, 0.2) is 34.8 Å². The topological polar surface area (TPSA) is 52.3 Å². The molecule has 5 heteroatoms. The molecule has 0 saturated carbocycles. The van der Waals surface area contributed by atoms with Gasteiger partial charge in [0.2, 0.25) is 0 Å². The summed E-state index contributed by atoms with van der Waals surface area (Å²) in [5, 5.41) is 0.457. The predicted octanol–water partition coefficient (Wildman–Crippen LogP) is 4.05. The van der Waals surface area contributed by atoms with Crippen molar-refractivity contribution in [1.82, 2.24) is 0 Å². The van der Waals surface area contributed by atoms with Crippen LogP contribution in [0.25, 0.3) is 0 Å². The van der Waals surface area contributed by atoms with Gasteiger partial charge in [-0.2, -0.15) is 0 Å². The normalized spacial score (nSPS) is 12.9. The van der Waals surface area contributed by atoms with Gasteiger partial charge in [0, 0.05) is 28.4 Å². The number of nitrogen functional groups attached to an aromatic ring is 1. The number of nitrogens with two attached hydrogens (primary N) is 1. The van der Waals surface area contributed by atoms with E-state index in [1.165, 1.54) is 0 Å². The van der Waals surface area contributed by atoms with Gasteiger partial charge in [-0.1, -0.05) is 27.5 Å². The molecule has 0 saturated heterocycles. The Balaban J connectivity index is 1.90. The van der Waals surface area contributed by atoms with Gasteiger partial charge in [-0.05, 0) is 35.9 Å². The zero-order valence-corrected chi connectivity index (χ0v) is 13.5. The maximum Gasteiger partial charge on any atom is 0.167 e. The highest BCUT2D eigenvalue weighted by atomic mass is 79.9. The van der Waals surface area contributed by atoms with Crippen molar-refractivity contribution in [2.24, 2.45) is 0 Å². The third kappa shape index (κ3) is 2.92. The second-order valence-corrected chi connectivity index (χ2v) is 6.31. The van der Waals surface area contributed by atoms with Gasteiger partial charge in [0.05, 0.1) is 17.3 Å². The quantitative estimate of drug-likeness (QED) is 0.659. The average Bonchev–Trinajstić information content (AvgIpc) is 2.90. The smallest absolute Gasteiger partial charge is 0.167 e. The van der Waals surface area contributed by atoms with Crippen LogP contribution in [0, 0.1) is 0 Å². The van der Waals surface area contributed by atoms with Gasteiger partial charge >= 0.3 is 0 Å². The molecule has 2 aromatic rings. The number of anilines is 1. The average molecular weight is 367 g/mol. The van der Waals surface area contributed by atoms with Gasteiger partial charge in [0.1, 0.15) is 5.75 Å². The number of fused-ring (bicyclic) bond motifs is 1. The van der Waals surface area contributed by atoms with Crippen LogP contribution in [0.3, 0.4) is 0 Å². The fourth-order valence-corrected chi connectivity index (χ4v) is 3.14. The molecule has 2 N–H and O–H groups in total. The molecule has 3 rings (SSSR count). The van der Waals surface area contributed by atoms with Crippen molar-refractivity contribution in [2.75, 3.05) is 12.3 Å². The van der Waals surface area contributed by atoms with E-state index in [2.05, 4.69) is 15.9 Å². The molecule has 1 aliphatic heterocycles. The molecule has 0 amide bonds. The van der Waals surface area contributed by atoms with Crippen LogP contribution in [-0.4, -0.2) is 12.4 Å². The van der Waals surface area contributed by atoms with Crippen LogP contribution < -0.4 is 10.5 Å². The molecule has 108 valence electrons. The predicted molar refractivity (Wildman–Crippen MR) is 87.2 cm³/mol. The standard InChI is InChI=1S/C16H13BrClNO2/c17-12-5-10-3-4-21-16(10)11(6-12)8-15(20)9-1-2-13(18)14(19)7-9/h1-2,5-7H,3-4,8,19H2. The van der Waals surface area contributed by atoms with E-state index >= 15 is 0 Å². The van der Waals surface area contributed by atoms with E-state index in [0.29, 0.717) is 22.9 Å². The molecule has 0 atom stereocenters. The maximum absolute atomic E-state index is 12.4. The first kappa shape index (κ1) is 14.4. The lowest BCUT2D eigenvalue weighted by molar-refractivity contribution is 0.0992. The van der Waals surface area contributed by atoms with Gasteiger partial charge < -0.3 is 10.5 Å². The Hall–Kier alpha value is -1.52. The summed E-state index contributed by atoms with van der Waals surface area (Å²) in [6.07, 6.45) is 1.16. The van der Waals surface area contributed by atoms with Crippen LogP contribution in [-0.2, 0) is 12.8 Å². The highest BCUT2D eigenvalue weighted by Gasteiger charge is 2.20. The number of ketones is 1. The van der Waals surface area contributed by atoms with E-state index in [1.54, 1.807) is 18.2 Å². The molecule has 1 heterocycles. The number of rotatable bonds is 3. The summed E-state index contributed by atoms with van der Waals surface area (Å²) in [5.74, 6) is 0.836. The van der Waals surface area contributed by atoms with Crippen molar-refractivity contribution >= 4 is 39.0 Å². The molecule has 0 radical (unpaired) electrons. The minimum Gasteiger partial charge on any atom is -0.493 e. The number of hydrogen-bond donors (Lipinski definition) is 1. The van der Waals surface area contributed by atoms with Crippen molar-refractivity contribution in [3.8, 4) is 5.75 Å². The van der Waals surface area contributed by atoms with Crippen molar-refractivity contribution in [3.05, 3.63) is 56.5 Å². The monoisotopic (exact) mass is 365 g/mol. The zero-order chi connectivity index (χ0) is 15.0. The molecule has 3 nitrogen and oxygen atoms in total. The minimum atomic E-state index is -0.00540. The fraction of sp³-hybridized carbons (Fsp3) is 0.188. The second-order valence-electron chi connectivity index (χ2n) is 4.99. The summed E-state index contributed by atoms with van der Waals surface area (Å²) in [5.41, 5.74) is 8.76. The van der Waals surface area contributed by atoms with Gasteiger partial charge in [0.25, 0.3) is 0 Å². The molecule has 0 aromatic heterocycles. The Morgan fingerprint density at radius 3 is 2.90 bits per heavy atom. The minimum absolute atomic E-state index is 0.00540. The number of ether oxygens (including phenoxy) is 1. The Morgan fingerprint density at radius 2 is 2.14 bits per heavy atom. The highest BCUT2D eigenvalue weighted by Crippen LogP contribution is 2.34. The van der Waals surface area contributed by atoms with E-state index in [-0.39, 0.29) is 12.2 Å². The molecule has 0 spiro atoms. The third-order valence-corrected chi connectivity index (χ3v) is 4.30. The lowest BCUT2D eigenvalue weighted by atomic mass is 10.00. The van der Waals surface area contributed by atoms with Gasteiger partial charge in [-0.25, -0.2) is 0 Å². The van der Waals surface area contributed by atoms with Gasteiger partial charge in [-0.15, -0.1) is 0 Å². The fourth-order valence-electron chi connectivity index (χ4n) is 2.47. The number of carbonyl (C=O) groups excluding carboxylic acids is 1. The van der Waals surface area contributed by atoms with E-state index in [9.17, 15) is 4.79 Å². The van der Waals surface area contributed by atoms with Crippen LogP contribution in [0.2, 0.25) is 5.02 Å². The van der Waals surface area contributed by atoms with E-state index in [4.69, 9.17) is 22.1 Å². The highest BCUT2D eigenvalue weighted by molar-refractivity contribution is 9.10. The van der Waals surface area contributed by atoms with E-state index in [1.807, 2.05) is 12.1 Å².